The van der Waals surface area contributed by atoms with E-state index >= 15 is 0 Å². The lowest BCUT2D eigenvalue weighted by atomic mass is 9.90. The maximum atomic E-state index is 14.0. The van der Waals surface area contributed by atoms with Crippen LogP contribution >= 0.6 is 0 Å². The molecule has 0 radical (unpaired) electrons. The Labute approximate surface area is 219 Å². The van der Waals surface area contributed by atoms with Crippen LogP contribution in [0.1, 0.15) is 102 Å². The summed E-state index contributed by atoms with van der Waals surface area (Å²) in [6.07, 6.45) is 10.6. The second-order valence-corrected chi connectivity index (χ2v) is 10.8. The van der Waals surface area contributed by atoms with Crippen molar-refractivity contribution in [3.05, 3.63) is 47.2 Å². The predicted octanol–water partition coefficient (Wildman–Crippen LogP) is 4.98. The first-order valence-electron chi connectivity index (χ1n) is 14.1. The standard InChI is InChI=1S/C29H38N4O4/c1-2-12-25(34)33-24(20-13-6-3-7-14-20)19-23(30-33)26-27(35)31(21-15-8-4-9-16-21)29(37)32(28(26)36)22-17-10-5-11-18-22/h3,6-7,13-14,21-22,24,30H,2,4-5,8-12,15-19H2,1H3. The van der Waals surface area contributed by atoms with Crippen LogP contribution in [0.3, 0.4) is 0 Å². The Morgan fingerprint density at radius 2 is 1.38 bits per heavy atom. The number of nitrogens with zero attached hydrogens (tertiary/aromatic N) is 3. The summed E-state index contributed by atoms with van der Waals surface area (Å²) in [5.41, 5.74) is 4.59. The maximum absolute atomic E-state index is 14.0. The summed E-state index contributed by atoms with van der Waals surface area (Å²) in [5.74, 6) is -1.09. The Kier molecular flexibility index (Phi) is 7.63. The van der Waals surface area contributed by atoms with Crippen LogP contribution < -0.4 is 5.43 Å². The molecule has 1 N–H and O–H groups in total. The van der Waals surface area contributed by atoms with E-state index in [1.807, 2.05) is 37.3 Å². The van der Waals surface area contributed by atoms with E-state index in [1.165, 1.54) is 9.80 Å². The van der Waals surface area contributed by atoms with Crippen LogP contribution in [0, 0.1) is 0 Å². The smallest absolute Gasteiger partial charge is 0.298 e. The van der Waals surface area contributed by atoms with Gasteiger partial charge in [-0.25, -0.2) is 9.80 Å². The molecule has 2 saturated carbocycles. The average molecular weight is 507 g/mol. The quantitative estimate of drug-likeness (QED) is 0.450. The molecule has 5 amide bonds. The van der Waals surface area contributed by atoms with Crippen molar-refractivity contribution in [1.82, 2.24) is 20.2 Å². The van der Waals surface area contributed by atoms with Gasteiger partial charge in [-0.05, 0) is 37.7 Å². The molecule has 0 bridgehead atoms. The molecule has 2 aliphatic heterocycles. The molecule has 0 spiro atoms. The van der Waals surface area contributed by atoms with Gasteiger partial charge in [0.05, 0.1) is 11.7 Å². The van der Waals surface area contributed by atoms with E-state index in [1.54, 1.807) is 5.01 Å². The zero-order valence-corrected chi connectivity index (χ0v) is 21.8. The van der Waals surface area contributed by atoms with Crippen molar-refractivity contribution in [3.63, 3.8) is 0 Å². The van der Waals surface area contributed by atoms with Gasteiger partial charge in [0.15, 0.2) is 0 Å². The van der Waals surface area contributed by atoms with Crippen LogP contribution in [0.15, 0.2) is 41.6 Å². The lowest BCUT2D eigenvalue weighted by Gasteiger charge is -2.43. The fourth-order valence-electron chi connectivity index (χ4n) is 6.43. The molecule has 0 aromatic heterocycles. The Balaban J connectivity index is 1.56. The summed E-state index contributed by atoms with van der Waals surface area (Å²) >= 11 is 0. The Bertz CT molecular complexity index is 1030. The molecule has 2 aliphatic carbocycles. The van der Waals surface area contributed by atoms with Crippen molar-refractivity contribution < 1.29 is 19.2 Å². The molecule has 8 nitrogen and oxygen atoms in total. The first-order chi connectivity index (χ1) is 18.0. The second-order valence-electron chi connectivity index (χ2n) is 10.8. The number of carbonyl (C=O) groups is 4. The number of imide groups is 2. The van der Waals surface area contributed by atoms with Crippen molar-refractivity contribution in [1.29, 1.82) is 0 Å². The Morgan fingerprint density at radius 1 is 0.838 bits per heavy atom. The fourth-order valence-corrected chi connectivity index (χ4v) is 6.43. The van der Waals surface area contributed by atoms with Gasteiger partial charge < -0.3 is 0 Å². The van der Waals surface area contributed by atoms with Gasteiger partial charge in [0, 0.05) is 24.9 Å². The molecule has 4 fully saturated rings. The number of carbonyl (C=O) groups excluding carboxylic acids is 4. The Hall–Kier alpha value is -3.16. The molecule has 5 rings (SSSR count). The summed E-state index contributed by atoms with van der Waals surface area (Å²) < 4.78 is 0. The molecule has 1 aromatic carbocycles. The van der Waals surface area contributed by atoms with E-state index < -0.39 is 17.8 Å². The first kappa shape index (κ1) is 25.5. The highest BCUT2D eigenvalue weighted by Crippen LogP contribution is 2.38. The fraction of sp³-hybridized carbons (Fsp3) is 0.586. The summed E-state index contributed by atoms with van der Waals surface area (Å²) in [4.78, 5) is 57.5. The highest BCUT2D eigenvalue weighted by molar-refractivity contribution is 6.29. The van der Waals surface area contributed by atoms with Crippen LogP contribution in [-0.2, 0) is 14.4 Å². The van der Waals surface area contributed by atoms with E-state index in [0.29, 0.717) is 25.0 Å². The molecule has 1 unspecified atom stereocenters. The van der Waals surface area contributed by atoms with Gasteiger partial charge in [-0.1, -0.05) is 75.8 Å². The molecule has 8 heteroatoms. The van der Waals surface area contributed by atoms with Crippen LogP contribution in [0.25, 0.3) is 0 Å². The predicted molar refractivity (Wildman–Crippen MR) is 139 cm³/mol. The number of hydrogen-bond acceptors (Lipinski definition) is 5. The number of barbiturate groups is 1. The summed E-state index contributed by atoms with van der Waals surface area (Å²) in [6.45, 7) is 1.95. The highest BCUT2D eigenvalue weighted by Gasteiger charge is 2.50. The molecule has 37 heavy (non-hydrogen) atoms. The van der Waals surface area contributed by atoms with Crippen molar-refractivity contribution in [2.24, 2.45) is 0 Å². The van der Waals surface area contributed by atoms with Crippen molar-refractivity contribution in [2.45, 2.75) is 109 Å². The van der Waals surface area contributed by atoms with Crippen molar-refractivity contribution in [2.75, 3.05) is 0 Å². The van der Waals surface area contributed by atoms with Crippen molar-refractivity contribution in [3.8, 4) is 0 Å². The molecule has 2 heterocycles. The number of benzene rings is 1. The second kappa shape index (κ2) is 11.1. The van der Waals surface area contributed by atoms with Gasteiger partial charge >= 0.3 is 6.03 Å². The van der Waals surface area contributed by atoms with Crippen LogP contribution in [0.4, 0.5) is 4.79 Å². The van der Waals surface area contributed by atoms with E-state index in [-0.39, 0.29) is 29.6 Å². The summed E-state index contributed by atoms with van der Waals surface area (Å²) in [6, 6.07) is 8.55. The highest BCUT2D eigenvalue weighted by atomic mass is 16.2. The summed E-state index contributed by atoms with van der Waals surface area (Å²) in [7, 11) is 0. The number of nitrogens with one attached hydrogen (secondary N) is 1. The third-order valence-electron chi connectivity index (χ3n) is 8.34. The lowest BCUT2D eigenvalue weighted by Crippen LogP contribution is -2.62. The lowest BCUT2D eigenvalue weighted by molar-refractivity contribution is -0.140. The van der Waals surface area contributed by atoms with Gasteiger partial charge in [-0.3, -0.25) is 29.6 Å². The number of rotatable bonds is 5. The monoisotopic (exact) mass is 506 g/mol. The minimum absolute atomic E-state index is 0.0310. The van der Waals surface area contributed by atoms with E-state index in [2.05, 4.69) is 5.43 Å². The molecule has 198 valence electrons. The molecule has 1 atom stereocenters. The molecule has 4 aliphatic rings. The minimum Gasteiger partial charge on any atom is -0.298 e. The van der Waals surface area contributed by atoms with Gasteiger partial charge in [0.25, 0.3) is 11.8 Å². The van der Waals surface area contributed by atoms with E-state index in [0.717, 1.165) is 69.8 Å². The topological polar surface area (TPSA) is 90.0 Å². The zero-order valence-electron chi connectivity index (χ0n) is 21.8. The largest absolute Gasteiger partial charge is 0.334 e. The third-order valence-corrected chi connectivity index (χ3v) is 8.34. The number of urea groups is 1. The summed E-state index contributed by atoms with van der Waals surface area (Å²) in [5, 5.41) is 1.58. The van der Waals surface area contributed by atoms with Gasteiger partial charge in [0.1, 0.15) is 5.57 Å². The zero-order chi connectivity index (χ0) is 25.9. The number of hydrazine groups is 1. The molecule has 1 aromatic rings. The van der Waals surface area contributed by atoms with Crippen LogP contribution in [0.2, 0.25) is 0 Å². The van der Waals surface area contributed by atoms with Crippen LogP contribution in [0.5, 0.6) is 0 Å². The van der Waals surface area contributed by atoms with E-state index in [4.69, 9.17) is 0 Å². The van der Waals surface area contributed by atoms with Gasteiger partial charge in [0.2, 0.25) is 5.91 Å². The third kappa shape index (κ3) is 4.90. The molecular formula is C29H38N4O4. The first-order valence-corrected chi connectivity index (χ1v) is 14.1. The average Bonchev–Trinajstić information content (AvgIpc) is 3.36. The van der Waals surface area contributed by atoms with Gasteiger partial charge in [-0.15, -0.1) is 0 Å². The SMILES string of the molecule is CCCC(=O)N1NC(=C2C(=O)N(C3CCCCC3)C(=O)N(C3CCCCC3)C2=O)CC1c1ccccc1. The maximum Gasteiger partial charge on any atom is 0.334 e. The van der Waals surface area contributed by atoms with Gasteiger partial charge in [-0.2, -0.15) is 0 Å². The normalized spacial score (nSPS) is 24.2. The molecular weight excluding hydrogens is 468 g/mol. The molecule has 2 saturated heterocycles. The van der Waals surface area contributed by atoms with Crippen LogP contribution in [-0.4, -0.2) is 50.6 Å². The number of hydrogen-bond donors (Lipinski definition) is 1. The van der Waals surface area contributed by atoms with Crippen molar-refractivity contribution >= 4 is 23.8 Å². The van der Waals surface area contributed by atoms with E-state index in [9.17, 15) is 19.2 Å². The minimum atomic E-state index is -0.506. The Morgan fingerprint density at radius 3 is 1.89 bits per heavy atom. The number of amides is 5.